The van der Waals surface area contributed by atoms with Crippen LogP contribution < -0.4 is 5.48 Å². The highest BCUT2D eigenvalue weighted by molar-refractivity contribution is 5.74. The zero-order chi connectivity index (χ0) is 7.82. The summed E-state index contributed by atoms with van der Waals surface area (Å²) in [6, 6.07) is 0. The van der Waals surface area contributed by atoms with Crippen LogP contribution in [0, 0.1) is 6.92 Å². The highest BCUT2D eigenvalue weighted by Crippen LogP contribution is 1.89. The third-order valence-corrected chi connectivity index (χ3v) is 0.921. The highest BCUT2D eigenvalue weighted by Gasteiger charge is 1.95. The Morgan fingerprint density at radius 1 is 1.80 bits per heavy atom. The smallest absolute Gasteiger partial charge is 0.243 e. The van der Waals surface area contributed by atoms with Gasteiger partial charge in [0.2, 0.25) is 5.91 Å². The molecule has 0 fully saturated rings. The number of hydroxylamine groups is 1. The molecule has 0 saturated heterocycles. The highest BCUT2D eigenvalue weighted by atomic mass is 16.6. The number of carbonyl (C=O) groups is 1. The SMILES string of the molecule is [CH2]/C=C/CCC(=O)NOC. The third kappa shape index (κ3) is 5.31. The molecule has 0 aromatic carbocycles. The average molecular weight is 142 g/mol. The van der Waals surface area contributed by atoms with Gasteiger partial charge in [0, 0.05) is 6.42 Å². The van der Waals surface area contributed by atoms with Crippen LogP contribution in [0.1, 0.15) is 12.8 Å². The monoisotopic (exact) mass is 142 g/mol. The molecule has 0 aromatic heterocycles. The topological polar surface area (TPSA) is 38.3 Å². The predicted octanol–water partition coefficient (Wildman–Crippen LogP) is 0.834. The summed E-state index contributed by atoms with van der Waals surface area (Å²) < 4.78 is 0. The van der Waals surface area contributed by atoms with Crippen molar-refractivity contribution in [2.45, 2.75) is 12.8 Å². The van der Waals surface area contributed by atoms with Crippen LogP contribution in [0.5, 0.6) is 0 Å². The van der Waals surface area contributed by atoms with Gasteiger partial charge in [0.15, 0.2) is 0 Å². The number of hydrogen-bond acceptors (Lipinski definition) is 2. The first-order valence-electron chi connectivity index (χ1n) is 3.07. The number of nitrogens with one attached hydrogen (secondary N) is 1. The molecule has 1 N–H and O–H groups in total. The Bertz CT molecular complexity index is 121. The van der Waals surface area contributed by atoms with Crippen LogP contribution in [0.15, 0.2) is 12.2 Å². The molecule has 0 bridgehead atoms. The van der Waals surface area contributed by atoms with Crippen molar-refractivity contribution >= 4 is 5.91 Å². The second-order valence-corrected chi connectivity index (χ2v) is 1.74. The van der Waals surface area contributed by atoms with E-state index in [4.69, 9.17) is 0 Å². The molecule has 0 rings (SSSR count). The molecule has 0 aliphatic heterocycles. The van der Waals surface area contributed by atoms with Crippen molar-refractivity contribution in [1.29, 1.82) is 0 Å². The van der Waals surface area contributed by atoms with Gasteiger partial charge in [0.25, 0.3) is 0 Å². The van der Waals surface area contributed by atoms with Gasteiger partial charge in [-0.1, -0.05) is 12.2 Å². The van der Waals surface area contributed by atoms with Crippen molar-refractivity contribution in [3.63, 3.8) is 0 Å². The van der Waals surface area contributed by atoms with E-state index >= 15 is 0 Å². The Morgan fingerprint density at radius 3 is 3.00 bits per heavy atom. The van der Waals surface area contributed by atoms with Crippen LogP contribution in [-0.4, -0.2) is 13.0 Å². The standard InChI is InChI=1S/C7H12NO2/c1-3-4-5-6-7(9)8-10-2/h3-4H,1,5-6H2,2H3,(H,8,9)/b4-3+. The summed E-state index contributed by atoms with van der Waals surface area (Å²) in [5.74, 6) is -0.111. The molecule has 57 valence electrons. The minimum atomic E-state index is -0.111. The van der Waals surface area contributed by atoms with E-state index in [0.717, 1.165) is 0 Å². The summed E-state index contributed by atoms with van der Waals surface area (Å²) in [5.41, 5.74) is 2.21. The fourth-order valence-corrected chi connectivity index (χ4v) is 0.497. The molecule has 0 heterocycles. The molecule has 0 saturated carbocycles. The lowest BCUT2D eigenvalue weighted by molar-refractivity contribution is -0.131. The second-order valence-electron chi connectivity index (χ2n) is 1.74. The molecule has 1 amide bonds. The van der Waals surface area contributed by atoms with E-state index in [1.807, 2.05) is 6.08 Å². The van der Waals surface area contributed by atoms with Gasteiger partial charge >= 0.3 is 0 Å². The molecular weight excluding hydrogens is 130 g/mol. The predicted molar refractivity (Wildman–Crippen MR) is 38.9 cm³/mol. The molecule has 0 unspecified atom stereocenters. The quantitative estimate of drug-likeness (QED) is 0.590. The molecule has 1 radical (unpaired) electrons. The summed E-state index contributed by atoms with van der Waals surface area (Å²) in [7, 11) is 1.41. The number of allylic oxidation sites excluding steroid dienone is 2. The van der Waals surface area contributed by atoms with Gasteiger partial charge in [0.05, 0.1) is 7.11 Å². The van der Waals surface area contributed by atoms with Crippen molar-refractivity contribution in [1.82, 2.24) is 5.48 Å². The van der Waals surface area contributed by atoms with Gasteiger partial charge in [-0.05, 0) is 13.3 Å². The normalized spacial score (nSPS) is 10.2. The first-order valence-corrected chi connectivity index (χ1v) is 3.07. The maximum absolute atomic E-state index is 10.6. The summed E-state index contributed by atoms with van der Waals surface area (Å²) in [4.78, 5) is 15.0. The lowest BCUT2D eigenvalue weighted by Gasteiger charge is -1.97. The lowest BCUT2D eigenvalue weighted by Crippen LogP contribution is -2.20. The number of hydrogen-bond donors (Lipinski definition) is 1. The van der Waals surface area contributed by atoms with E-state index in [9.17, 15) is 4.79 Å². The van der Waals surface area contributed by atoms with Crippen LogP contribution in [0.2, 0.25) is 0 Å². The Hall–Kier alpha value is -0.830. The summed E-state index contributed by atoms with van der Waals surface area (Å²) in [6.07, 6.45) is 4.65. The maximum atomic E-state index is 10.6. The third-order valence-electron chi connectivity index (χ3n) is 0.921. The van der Waals surface area contributed by atoms with Crippen LogP contribution in [0.25, 0.3) is 0 Å². The zero-order valence-corrected chi connectivity index (χ0v) is 6.09. The number of rotatable bonds is 4. The number of carbonyl (C=O) groups excluding carboxylic acids is 1. The Balaban J connectivity index is 3.21. The molecule has 0 spiro atoms. The van der Waals surface area contributed by atoms with E-state index < -0.39 is 0 Å². The lowest BCUT2D eigenvalue weighted by atomic mass is 10.3. The van der Waals surface area contributed by atoms with E-state index in [2.05, 4.69) is 17.2 Å². The molecule has 3 heteroatoms. The Labute approximate surface area is 61.0 Å². The molecule has 0 aliphatic rings. The minimum absolute atomic E-state index is 0.111. The second kappa shape index (κ2) is 6.29. The van der Waals surface area contributed by atoms with Crippen LogP contribution >= 0.6 is 0 Å². The minimum Gasteiger partial charge on any atom is -0.277 e. The van der Waals surface area contributed by atoms with Crippen molar-refractivity contribution in [2.75, 3.05) is 7.11 Å². The Morgan fingerprint density at radius 2 is 2.50 bits per heavy atom. The van der Waals surface area contributed by atoms with Crippen molar-refractivity contribution in [3.05, 3.63) is 19.1 Å². The molecule has 0 aromatic rings. The van der Waals surface area contributed by atoms with Crippen LogP contribution in [0.3, 0.4) is 0 Å². The van der Waals surface area contributed by atoms with Crippen LogP contribution in [0.4, 0.5) is 0 Å². The number of amides is 1. The molecule has 0 aliphatic carbocycles. The first-order chi connectivity index (χ1) is 4.81. The molecule has 10 heavy (non-hydrogen) atoms. The van der Waals surface area contributed by atoms with Gasteiger partial charge in [-0.15, -0.1) is 0 Å². The zero-order valence-electron chi connectivity index (χ0n) is 6.09. The molecular formula is C7H12NO2. The van der Waals surface area contributed by atoms with E-state index in [0.29, 0.717) is 12.8 Å². The fraction of sp³-hybridized carbons (Fsp3) is 0.429. The summed E-state index contributed by atoms with van der Waals surface area (Å²) in [6.45, 7) is 3.49. The van der Waals surface area contributed by atoms with E-state index in [-0.39, 0.29) is 5.91 Å². The first kappa shape index (κ1) is 9.17. The van der Waals surface area contributed by atoms with Gasteiger partial charge in [-0.25, -0.2) is 5.48 Å². The maximum Gasteiger partial charge on any atom is 0.243 e. The van der Waals surface area contributed by atoms with Crippen molar-refractivity contribution < 1.29 is 9.63 Å². The van der Waals surface area contributed by atoms with E-state index in [1.54, 1.807) is 6.08 Å². The van der Waals surface area contributed by atoms with Crippen molar-refractivity contribution in [2.24, 2.45) is 0 Å². The van der Waals surface area contributed by atoms with Crippen LogP contribution in [-0.2, 0) is 9.63 Å². The Kier molecular flexibility index (Phi) is 5.77. The summed E-state index contributed by atoms with van der Waals surface area (Å²) in [5, 5.41) is 0. The van der Waals surface area contributed by atoms with E-state index in [1.165, 1.54) is 7.11 Å². The molecule has 0 atom stereocenters. The van der Waals surface area contributed by atoms with Gasteiger partial charge in [-0.2, -0.15) is 0 Å². The average Bonchev–Trinajstić information content (AvgIpc) is 1.89. The summed E-state index contributed by atoms with van der Waals surface area (Å²) >= 11 is 0. The van der Waals surface area contributed by atoms with Gasteiger partial charge in [-0.3, -0.25) is 9.63 Å². The molecule has 3 nitrogen and oxygen atoms in total. The fourth-order valence-electron chi connectivity index (χ4n) is 0.497. The largest absolute Gasteiger partial charge is 0.277 e. The van der Waals surface area contributed by atoms with Gasteiger partial charge in [0.1, 0.15) is 0 Å². The van der Waals surface area contributed by atoms with Gasteiger partial charge < -0.3 is 0 Å². The van der Waals surface area contributed by atoms with Crippen molar-refractivity contribution in [3.8, 4) is 0 Å².